The Bertz CT molecular complexity index is 2790. The van der Waals surface area contributed by atoms with Gasteiger partial charge in [-0.2, -0.15) is 15.8 Å². The van der Waals surface area contributed by atoms with Crippen LogP contribution in [0.4, 0.5) is 0 Å². The predicted octanol–water partition coefficient (Wildman–Crippen LogP) is 12.0. The number of hydrogen-bond donors (Lipinski definition) is 0. The van der Waals surface area contributed by atoms with Crippen molar-refractivity contribution >= 4 is 43.6 Å². The average molecular weight is 672 g/mol. The topological polar surface area (TPSA) is 81.2 Å². The zero-order chi connectivity index (χ0) is 35.9. The van der Waals surface area contributed by atoms with Crippen LogP contribution >= 0.6 is 0 Å². The summed E-state index contributed by atoms with van der Waals surface area (Å²) in [6.45, 7) is 6.94. The minimum absolute atomic E-state index is 0.172. The molecule has 0 aliphatic carbocycles. The number of benzene rings is 6. The predicted molar refractivity (Wildman–Crippen MR) is 211 cm³/mol. The molecule has 0 bridgehead atoms. The average Bonchev–Trinajstić information content (AvgIpc) is 3.71. The summed E-state index contributed by atoms with van der Waals surface area (Å²) in [5.74, 6) is 0.547. The Kier molecular flexibility index (Phi) is 8.31. The van der Waals surface area contributed by atoms with E-state index in [0.717, 1.165) is 73.3 Å². The number of rotatable bonds is 8. The SMILES string of the molecule is CCC(C)C(CC(C)c1ccccc1-c1ccc(C#N)cc1-n1c2ccccc2c2cc(C#N)ccc21)n1c2ccccc2c2c(C#N)cccc21. The first kappa shape index (κ1) is 32.6. The fourth-order valence-corrected chi connectivity index (χ4v) is 8.34. The van der Waals surface area contributed by atoms with Crippen LogP contribution in [0.2, 0.25) is 0 Å². The maximum absolute atomic E-state index is 10.1. The summed E-state index contributed by atoms with van der Waals surface area (Å²) in [6, 6.07) is 50.7. The van der Waals surface area contributed by atoms with E-state index in [2.05, 4.69) is 121 Å². The molecule has 0 N–H and O–H groups in total. The lowest BCUT2D eigenvalue weighted by Gasteiger charge is -2.30. The molecule has 0 saturated carbocycles. The summed E-state index contributed by atoms with van der Waals surface area (Å²) in [6.07, 6.45) is 1.92. The van der Waals surface area contributed by atoms with Crippen LogP contribution in [-0.4, -0.2) is 9.13 Å². The highest BCUT2D eigenvalue weighted by Gasteiger charge is 2.27. The van der Waals surface area contributed by atoms with Gasteiger partial charge in [-0.15, -0.1) is 0 Å². The van der Waals surface area contributed by atoms with E-state index in [1.54, 1.807) is 0 Å². The molecule has 6 aromatic carbocycles. The molecule has 0 fully saturated rings. The Morgan fingerprint density at radius 1 is 0.577 bits per heavy atom. The van der Waals surface area contributed by atoms with Gasteiger partial charge in [0.05, 0.1) is 57.1 Å². The van der Waals surface area contributed by atoms with Gasteiger partial charge in [0.2, 0.25) is 0 Å². The standard InChI is InChI=1S/C47H37N5/c1-4-30(2)45(52-42-18-10-8-16-39(42)47-34(29-50)12-11-19-44(47)52)24-31(3)35-13-5-6-14-36(35)38-22-20-33(28-49)26-46(38)51-41-17-9-7-15-37(41)40-25-32(27-48)21-23-43(40)51/h5-23,25-26,30-31,45H,4,24H2,1-3H3. The van der Waals surface area contributed by atoms with Gasteiger partial charge in [-0.05, 0) is 84.0 Å². The van der Waals surface area contributed by atoms with Gasteiger partial charge in [-0.1, -0.05) is 100.0 Å². The van der Waals surface area contributed by atoms with E-state index in [0.29, 0.717) is 22.6 Å². The third kappa shape index (κ3) is 5.21. The fraction of sp³-hybridized carbons (Fsp3) is 0.170. The first-order valence-electron chi connectivity index (χ1n) is 18.0. The highest BCUT2D eigenvalue weighted by molar-refractivity contribution is 6.11. The van der Waals surface area contributed by atoms with Crippen molar-refractivity contribution in [3.63, 3.8) is 0 Å². The summed E-state index contributed by atoms with van der Waals surface area (Å²) in [4.78, 5) is 0. The van der Waals surface area contributed by atoms with Gasteiger partial charge in [-0.3, -0.25) is 0 Å². The molecule has 250 valence electrons. The fourth-order valence-electron chi connectivity index (χ4n) is 8.34. The molecule has 8 rings (SSSR count). The second-order valence-electron chi connectivity index (χ2n) is 13.9. The van der Waals surface area contributed by atoms with E-state index < -0.39 is 0 Å². The van der Waals surface area contributed by atoms with Crippen LogP contribution in [0.15, 0.2) is 127 Å². The summed E-state index contributed by atoms with van der Waals surface area (Å²) in [5.41, 5.74) is 10.5. The molecule has 3 atom stereocenters. The van der Waals surface area contributed by atoms with E-state index in [-0.39, 0.29) is 12.0 Å². The zero-order valence-corrected chi connectivity index (χ0v) is 29.5. The number of hydrogen-bond acceptors (Lipinski definition) is 3. The van der Waals surface area contributed by atoms with Gasteiger partial charge in [-0.25, -0.2) is 0 Å². The third-order valence-corrected chi connectivity index (χ3v) is 11.0. The molecule has 5 nitrogen and oxygen atoms in total. The molecule has 0 aliphatic rings. The van der Waals surface area contributed by atoms with Crippen LogP contribution in [0.1, 0.15) is 67.8 Å². The normalized spacial score (nSPS) is 13.2. The summed E-state index contributed by atoms with van der Waals surface area (Å²) < 4.78 is 4.75. The van der Waals surface area contributed by atoms with Crippen molar-refractivity contribution in [3.05, 3.63) is 150 Å². The molecule has 8 aromatic rings. The van der Waals surface area contributed by atoms with Crippen LogP contribution in [0.3, 0.4) is 0 Å². The second-order valence-corrected chi connectivity index (χ2v) is 13.9. The second kappa shape index (κ2) is 13.3. The summed E-state index contributed by atoms with van der Waals surface area (Å²) in [5, 5.41) is 34.1. The molecule has 2 heterocycles. The Labute approximate surface area is 303 Å². The quantitative estimate of drug-likeness (QED) is 0.161. The van der Waals surface area contributed by atoms with Crippen LogP contribution in [0.5, 0.6) is 0 Å². The largest absolute Gasteiger partial charge is 0.337 e. The van der Waals surface area contributed by atoms with Crippen molar-refractivity contribution in [1.29, 1.82) is 15.8 Å². The van der Waals surface area contributed by atoms with Gasteiger partial charge in [0.15, 0.2) is 0 Å². The van der Waals surface area contributed by atoms with Crippen molar-refractivity contribution in [1.82, 2.24) is 9.13 Å². The Morgan fingerprint density at radius 2 is 1.23 bits per heavy atom. The Hall–Kier alpha value is -6.61. The van der Waals surface area contributed by atoms with Crippen molar-refractivity contribution in [3.8, 4) is 35.0 Å². The van der Waals surface area contributed by atoms with Gasteiger partial charge >= 0.3 is 0 Å². The minimum Gasteiger partial charge on any atom is -0.337 e. The molecule has 52 heavy (non-hydrogen) atoms. The number of fused-ring (bicyclic) bond motifs is 6. The van der Waals surface area contributed by atoms with E-state index in [9.17, 15) is 15.8 Å². The maximum atomic E-state index is 10.1. The van der Waals surface area contributed by atoms with Crippen LogP contribution in [-0.2, 0) is 0 Å². The van der Waals surface area contributed by atoms with Crippen molar-refractivity contribution in [2.24, 2.45) is 5.92 Å². The van der Waals surface area contributed by atoms with Gasteiger partial charge in [0.25, 0.3) is 0 Å². The number of nitriles is 3. The third-order valence-electron chi connectivity index (χ3n) is 11.0. The van der Waals surface area contributed by atoms with E-state index in [1.807, 2.05) is 54.6 Å². The van der Waals surface area contributed by atoms with Crippen LogP contribution in [0, 0.1) is 39.9 Å². The molecule has 0 spiro atoms. The van der Waals surface area contributed by atoms with Gasteiger partial charge in [0, 0.05) is 38.7 Å². The lowest BCUT2D eigenvalue weighted by Crippen LogP contribution is -2.19. The molecule has 5 heteroatoms. The molecular formula is C47H37N5. The number of aromatic nitrogens is 2. The number of nitrogens with zero attached hydrogens (tertiary/aromatic N) is 5. The van der Waals surface area contributed by atoms with E-state index >= 15 is 0 Å². The van der Waals surface area contributed by atoms with E-state index in [1.165, 1.54) is 5.56 Å². The Morgan fingerprint density at radius 3 is 2.00 bits per heavy atom. The minimum atomic E-state index is 0.172. The molecule has 2 aromatic heterocycles. The lowest BCUT2D eigenvalue weighted by atomic mass is 9.83. The van der Waals surface area contributed by atoms with E-state index in [4.69, 9.17) is 0 Å². The monoisotopic (exact) mass is 671 g/mol. The van der Waals surface area contributed by atoms with Crippen molar-refractivity contribution < 1.29 is 0 Å². The zero-order valence-electron chi connectivity index (χ0n) is 29.5. The number of para-hydroxylation sites is 2. The molecule has 0 aliphatic heterocycles. The Balaban J connectivity index is 1.30. The molecule has 0 amide bonds. The highest BCUT2D eigenvalue weighted by Crippen LogP contribution is 2.44. The van der Waals surface area contributed by atoms with Gasteiger partial charge in [0.1, 0.15) is 0 Å². The molecule has 0 radical (unpaired) electrons. The first-order valence-corrected chi connectivity index (χ1v) is 18.0. The molecular weight excluding hydrogens is 635 g/mol. The van der Waals surface area contributed by atoms with Crippen LogP contribution in [0.25, 0.3) is 60.4 Å². The van der Waals surface area contributed by atoms with Crippen LogP contribution < -0.4 is 0 Å². The molecule has 0 saturated heterocycles. The first-order chi connectivity index (χ1) is 25.5. The highest BCUT2D eigenvalue weighted by atomic mass is 15.0. The summed E-state index contributed by atoms with van der Waals surface area (Å²) in [7, 11) is 0. The van der Waals surface area contributed by atoms with Gasteiger partial charge < -0.3 is 9.13 Å². The van der Waals surface area contributed by atoms with Crippen molar-refractivity contribution in [2.45, 2.75) is 45.6 Å². The smallest absolute Gasteiger partial charge is 0.0998 e. The summed E-state index contributed by atoms with van der Waals surface area (Å²) >= 11 is 0. The molecule has 3 unspecified atom stereocenters. The lowest BCUT2D eigenvalue weighted by molar-refractivity contribution is 0.321. The maximum Gasteiger partial charge on any atom is 0.0998 e. The van der Waals surface area contributed by atoms with Crippen molar-refractivity contribution in [2.75, 3.05) is 0 Å².